The quantitative estimate of drug-likeness (QED) is 0.299. The molecule has 4 N–H and O–H groups in total. The molecule has 0 bridgehead atoms. The van der Waals surface area contributed by atoms with Crippen LogP contribution in [0, 0.1) is 0 Å². The standard InChI is InChI=1S/2C3H7NO2S.Mg/c2*4-2(1-7)3(5)6;/h2*2,7H,1,4H2,(H,5,6);/q;;+2/p-2/t2*2-;/m00./s1. The largest absolute Gasteiger partial charge is 2.00 e. The summed E-state index contributed by atoms with van der Waals surface area (Å²) in [7, 11) is 0. The summed E-state index contributed by atoms with van der Waals surface area (Å²) >= 11 is 7.22. The maximum atomic E-state index is 9.65. The molecule has 84 valence electrons. The van der Waals surface area contributed by atoms with Gasteiger partial charge in [-0.3, -0.25) is 0 Å². The minimum absolute atomic E-state index is 0. The molecule has 0 aliphatic rings. The first kappa shape index (κ1) is 20.7. The van der Waals surface area contributed by atoms with E-state index >= 15 is 0 Å². The van der Waals surface area contributed by atoms with E-state index in [0.29, 0.717) is 0 Å². The van der Waals surface area contributed by atoms with E-state index in [-0.39, 0.29) is 34.6 Å². The molecule has 0 unspecified atom stereocenters. The molecule has 2 atom stereocenters. The van der Waals surface area contributed by atoms with Gasteiger partial charge in [-0.15, -0.1) is 0 Å². The molecule has 0 heterocycles. The van der Waals surface area contributed by atoms with Gasteiger partial charge in [0.25, 0.3) is 0 Å². The van der Waals surface area contributed by atoms with E-state index in [1.54, 1.807) is 0 Å². The monoisotopic (exact) mass is 264 g/mol. The number of aliphatic carboxylic acids is 2. The predicted octanol–water partition coefficient (Wildman–Crippen LogP) is -4.39. The van der Waals surface area contributed by atoms with Gasteiger partial charge in [-0.25, -0.2) is 0 Å². The normalized spacial score (nSPS) is 12.5. The molecule has 0 amide bonds. The van der Waals surface area contributed by atoms with Gasteiger partial charge in [-0.05, 0) is 0 Å². The van der Waals surface area contributed by atoms with Crippen LogP contribution in [-0.4, -0.2) is 58.6 Å². The third-order valence-electron chi connectivity index (χ3n) is 0.999. The summed E-state index contributed by atoms with van der Waals surface area (Å²) in [6.07, 6.45) is 0. The second-order valence-electron chi connectivity index (χ2n) is 2.22. The van der Waals surface area contributed by atoms with Crippen LogP contribution in [0.25, 0.3) is 0 Å². The fourth-order valence-electron chi connectivity index (χ4n) is 0.149. The Kier molecular flexibility index (Phi) is 17.1. The van der Waals surface area contributed by atoms with E-state index in [1.807, 2.05) is 0 Å². The first-order valence-electron chi connectivity index (χ1n) is 3.51. The number of thiol groups is 2. The van der Waals surface area contributed by atoms with Crippen molar-refractivity contribution in [2.24, 2.45) is 11.5 Å². The van der Waals surface area contributed by atoms with E-state index in [9.17, 15) is 19.8 Å². The Labute approximate surface area is 115 Å². The fraction of sp³-hybridized carbons (Fsp3) is 0.667. The summed E-state index contributed by atoms with van der Waals surface area (Å²) in [4.78, 5) is 19.3. The van der Waals surface area contributed by atoms with E-state index in [0.717, 1.165) is 0 Å². The number of carbonyl (C=O) groups excluding carboxylic acids is 2. The third kappa shape index (κ3) is 14.3. The molecule has 0 aromatic carbocycles. The summed E-state index contributed by atoms with van der Waals surface area (Å²) in [5, 5.41) is 19.3. The smallest absolute Gasteiger partial charge is 0.548 e. The Morgan fingerprint density at radius 1 is 1.00 bits per heavy atom. The van der Waals surface area contributed by atoms with Crippen molar-refractivity contribution in [2.75, 3.05) is 11.5 Å². The molecule has 0 saturated carbocycles. The molecule has 0 aliphatic heterocycles. The van der Waals surface area contributed by atoms with Gasteiger partial charge in [0, 0.05) is 11.5 Å². The zero-order valence-electron chi connectivity index (χ0n) is 7.96. The number of hydrogen-bond acceptors (Lipinski definition) is 8. The van der Waals surface area contributed by atoms with Crippen LogP contribution in [0.1, 0.15) is 0 Å². The maximum absolute atomic E-state index is 9.65. The van der Waals surface area contributed by atoms with Crippen molar-refractivity contribution < 1.29 is 19.8 Å². The average Bonchev–Trinajstić information content (AvgIpc) is 2.15. The van der Waals surface area contributed by atoms with Crippen molar-refractivity contribution in [3.63, 3.8) is 0 Å². The van der Waals surface area contributed by atoms with E-state index < -0.39 is 24.0 Å². The van der Waals surface area contributed by atoms with E-state index in [1.165, 1.54) is 0 Å². The summed E-state index contributed by atoms with van der Waals surface area (Å²) in [6, 6.07) is -1.85. The van der Waals surface area contributed by atoms with Crippen LogP contribution in [0.3, 0.4) is 0 Å². The average molecular weight is 265 g/mol. The molecule has 0 aromatic heterocycles. The molecular formula is C6H12MgN2O4S2. The molecule has 0 saturated heterocycles. The summed E-state index contributed by atoms with van der Waals surface area (Å²) < 4.78 is 0. The summed E-state index contributed by atoms with van der Waals surface area (Å²) in [5.41, 5.74) is 9.75. The zero-order chi connectivity index (χ0) is 11.7. The maximum Gasteiger partial charge on any atom is 2.00 e. The Balaban J connectivity index is -0.000000180. The molecule has 0 aliphatic carbocycles. The number of rotatable bonds is 4. The molecule has 6 nitrogen and oxygen atoms in total. The SMILES string of the molecule is N[C@@H](CS)C(=O)[O-].N[C@@H](CS)C(=O)[O-].[Mg+2]. The van der Waals surface area contributed by atoms with Gasteiger partial charge in [0.05, 0.1) is 24.0 Å². The van der Waals surface area contributed by atoms with Crippen LogP contribution in [-0.2, 0) is 9.59 Å². The second-order valence-corrected chi connectivity index (χ2v) is 2.95. The van der Waals surface area contributed by atoms with Gasteiger partial charge in [0.1, 0.15) is 0 Å². The predicted molar refractivity (Wildman–Crippen MR) is 59.4 cm³/mol. The third-order valence-corrected chi connectivity index (χ3v) is 1.79. The summed E-state index contributed by atoms with van der Waals surface area (Å²) in [5.74, 6) is -2.25. The molecule has 0 aromatic rings. The molecule has 0 spiro atoms. The fourth-order valence-corrected chi connectivity index (χ4v) is 0.447. The Bertz CT molecular complexity index is 176. The zero-order valence-corrected chi connectivity index (χ0v) is 11.2. The van der Waals surface area contributed by atoms with Crippen molar-refractivity contribution in [3.8, 4) is 0 Å². The Morgan fingerprint density at radius 2 is 1.20 bits per heavy atom. The Hall–Kier alpha value is 0.326. The number of nitrogens with two attached hydrogens (primary N) is 2. The molecule has 0 rings (SSSR count). The minimum Gasteiger partial charge on any atom is -0.548 e. The van der Waals surface area contributed by atoms with Crippen molar-refractivity contribution in [3.05, 3.63) is 0 Å². The molecule has 9 heteroatoms. The van der Waals surface area contributed by atoms with Crippen LogP contribution >= 0.6 is 25.3 Å². The van der Waals surface area contributed by atoms with Crippen molar-refractivity contribution >= 4 is 60.2 Å². The van der Waals surface area contributed by atoms with Crippen molar-refractivity contribution in [1.29, 1.82) is 0 Å². The summed E-state index contributed by atoms with van der Waals surface area (Å²) in [6.45, 7) is 0. The first-order valence-corrected chi connectivity index (χ1v) is 4.77. The van der Waals surface area contributed by atoms with Crippen molar-refractivity contribution in [1.82, 2.24) is 0 Å². The van der Waals surface area contributed by atoms with Gasteiger partial charge >= 0.3 is 23.1 Å². The van der Waals surface area contributed by atoms with Crippen LogP contribution in [0.5, 0.6) is 0 Å². The number of carboxylic acid groups (broad SMARTS) is 2. The van der Waals surface area contributed by atoms with Gasteiger partial charge in [-0.2, -0.15) is 25.3 Å². The van der Waals surface area contributed by atoms with Crippen molar-refractivity contribution in [2.45, 2.75) is 12.1 Å². The number of carboxylic acids is 2. The van der Waals surface area contributed by atoms with E-state index in [4.69, 9.17) is 11.5 Å². The molecule has 0 fully saturated rings. The van der Waals surface area contributed by atoms with E-state index in [2.05, 4.69) is 25.3 Å². The van der Waals surface area contributed by atoms with Gasteiger partial charge in [-0.1, -0.05) is 0 Å². The minimum atomic E-state index is -1.25. The van der Waals surface area contributed by atoms with Crippen LogP contribution in [0.15, 0.2) is 0 Å². The number of hydrogen-bond donors (Lipinski definition) is 4. The molecule has 15 heavy (non-hydrogen) atoms. The van der Waals surface area contributed by atoms with Gasteiger partial charge < -0.3 is 31.3 Å². The van der Waals surface area contributed by atoms with Crippen LogP contribution in [0.4, 0.5) is 0 Å². The van der Waals surface area contributed by atoms with Crippen LogP contribution in [0.2, 0.25) is 0 Å². The topological polar surface area (TPSA) is 132 Å². The molecule has 0 radical (unpaired) electrons. The van der Waals surface area contributed by atoms with Gasteiger partial charge in [0.15, 0.2) is 0 Å². The van der Waals surface area contributed by atoms with Gasteiger partial charge in [0.2, 0.25) is 0 Å². The Morgan fingerprint density at radius 3 is 1.20 bits per heavy atom. The second kappa shape index (κ2) is 12.4. The molecular weight excluding hydrogens is 253 g/mol. The van der Waals surface area contributed by atoms with Crippen LogP contribution < -0.4 is 21.7 Å². The first-order chi connectivity index (χ1) is 6.36. The number of carbonyl (C=O) groups is 2.